The number of nitrogens with zero attached hydrogens (tertiary/aromatic N) is 1. The van der Waals surface area contributed by atoms with Crippen molar-refractivity contribution in [1.82, 2.24) is 10.6 Å². The predicted octanol–water partition coefficient (Wildman–Crippen LogP) is 3.11. The molecular formula is C17H28IN3OS. The highest BCUT2D eigenvalue weighted by Gasteiger charge is 2.24. The van der Waals surface area contributed by atoms with Gasteiger partial charge in [-0.15, -0.1) is 35.7 Å². The average Bonchev–Trinajstić information content (AvgIpc) is 2.95. The molecule has 2 unspecified atom stereocenters. The highest BCUT2D eigenvalue weighted by atomic mass is 127. The zero-order chi connectivity index (χ0) is 15.6. The van der Waals surface area contributed by atoms with Gasteiger partial charge in [-0.05, 0) is 31.9 Å². The lowest BCUT2D eigenvalue weighted by Crippen LogP contribution is -2.39. The first-order chi connectivity index (χ1) is 10.8. The molecule has 3 N–H and O–H groups in total. The minimum absolute atomic E-state index is 0. The van der Waals surface area contributed by atoms with Crippen LogP contribution in [-0.4, -0.2) is 42.6 Å². The van der Waals surface area contributed by atoms with Gasteiger partial charge in [-0.1, -0.05) is 24.6 Å². The number of hydrogen-bond acceptors (Lipinski definition) is 3. The van der Waals surface area contributed by atoms with Crippen molar-refractivity contribution in [3.05, 3.63) is 30.3 Å². The van der Waals surface area contributed by atoms with Crippen LogP contribution in [0.5, 0.6) is 0 Å². The van der Waals surface area contributed by atoms with Crippen LogP contribution in [0.25, 0.3) is 0 Å². The van der Waals surface area contributed by atoms with E-state index in [1.165, 1.54) is 4.90 Å². The summed E-state index contributed by atoms with van der Waals surface area (Å²) in [5.41, 5.74) is 0. The number of rotatable bonds is 7. The Morgan fingerprint density at radius 2 is 2.04 bits per heavy atom. The largest absolute Gasteiger partial charge is 0.393 e. The Bertz CT molecular complexity index is 458. The molecule has 1 aliphatic carbocycles. The van der Waals surface area contributed by atoms with Crippen LogP contribution in [0.15, 0.2) is 40.2 Å². The number of halogens is 1. The summed E-state index contributed by atoms with van der Waals surface area (Å²) in [6.07, 6.45) is 2.98. The minimum atomic E-state index is -0.166. The molecule has 0 saturated heterocycles. The number of aliphatic hydroxyl groups excluding tert-OH is 1. The van der Waals surface area contributed by atoms with Crippen LogP contribution in [0.4, 0.5) is 0 Å². The van der Waals surface area contributed by atoms with Crippen molar-refractivity contribution >= 4 is 41.7 Å². The molecule has 1 saturated carbocycles. The summed E-state index contributed by atoms with van der Waals surface area (Å²) in [5, 5.41) is 16.5. The first-order valence-electron chi connectivity index (χ1n) is 8.17. The maximum atomic E-state index is 9.86. The van der Waals surface area contributed by atoms with Gasteiger partial charge in [0.1, 0.15) is 0 Å². The summed E-state index contributed by atoms with van der Waals surface area (Å²) in [7, 11) is 0. The SMILES string of the molecule is CCNC(=NCC1CCCC1O)NCCSc1ccccc1.I. The Kier molecular flexibility index (Phi) is 10.7. The van der Waals surface area contributed by atoms with E-state index in [1.54, 1.807) is 0 Å². The Morgan fingerprint density at radius 1 is 1.26 bits per heavy atom. The van der Waals surface area contributed by atoms with Crippen molar-refractivity contribution in [3.63, 3.8) is 0 Å². The summed E-state index contributed by atoms with van der Waals surface area (Å²) in [6, 6.07) is 10.4. The molecule has 0 amide bonds. The van der Waals surface area contributed by atoms with Crippen LogP contribution in [0.2, 0.25) is 0 Å². The molecule has 1 fully saturated rings. The lowest BCUT2D eigenvalue weighted by molar-refractivity contribution is 0.136. The van der Waals surface area contributed by atoms with Gasteiger partial charge in [0.25, 0.3) is 0 Å². The van der Waals surface area contributed by atoms with Crippen LogP contribution < -0.4 is 10.6 Å². The Morgan fingerprint density at radius 3 is 2.70 bits per heavy atom. The first kappa shape index (κ1) is 20.6. The fourth-order valence-electron chi connectivity index (χ4n) is 2.64. The fraction of sp³-hybridized carbons (Fsp3) is 0.588. The summed E-state index contributed by atoms with van der Waals surface area (Å²) in [6.45, 7) is 4.51. The first-order valence-corrected chi connectivity index (χ1v) is 9.16. The monoisotopic (exact) mass is 449 g/mol. The molecule has 23 heavy (non-hydrogen) atoms. The van der Waals surface area contributed by atoms with E-state index in [2.05, 4.69) is 46.8 Å². The lowest BCUT2D eigenvalue weighted by atomic mass is 10.1. The van der Waals surface area contributed by atoms with Crippen molar-refractivity contribution in [2.45, 2.75) is 37.2 Å². The van der Waals surface area contributed by atoms with E-state index in [1.807, 2.05) is 17.8 Å². The zero-order valence-electron chi connectivity index (χ0n) is 13.7. The quantitative estimate of drug-likeness (QED) is 0.197. The second-order valence-corrected chi connectivity index (χ2v) is 6.73. The standard InChI is InChI=1S/C17H27N3OS.HI/c1-2-18-17(20-13-14-7-6-10-16(14)21)19-11-12-22-15-8-4-3-5-9-15;/h3-5,8-9,14,16,21H,2,6-7,10-13H2,1H3,(H2,18,19,20);1H. The third kappa shape index (κ3) is 7.76. The Balaban J connectivity index is 0.00000264. The number of thioether (sulfide) groups is 1. The van der Waals surface area contributed by atoms with Crippen molar-refractivity contribution < 1.29 is 5.11 Å². The van der Waals surface area contributed by atoms with Gasteiger partial charge in [0.2, 0.25) is 0 Å². The summed E-state index contributed by atoms with van der Waals surface area (Å²) in [5.74, 6) is 2.19. The van der Waals surface area contributed by atoms with Gasteiger partial charge >= 0.3 is 0 Å². The van der Waals surface area contributed by atoms with Gasteiger partial charge in [0, 0.05) is 36.2 Å². The van der Waals surface area contributed by atoms with Crippen LogP contribution in [0.1, 0.15) is 26.2 Å². The minimum Gasteiger partial charge on any atom is -0.393 e. The summed E-state index contributed by atoms with van der Waals surface area (Å²) < 4.78 is 0. The van der Waals surface area contributed by atoms with Crippen molar-refractivity contribution in [1.29, 1.82) is 0 Å². The topological polar surface area (TPSA) is 56.7 Å². The van der Waals surface area contributed by atoms with E-state index in [4.69, 9.17) is 0 Å². The Hall–Kier alpha value is -0.470. The molecule has 0 aromatic heterocycles. The van der Waals surface area contributed by atoms with Crippen LogP contribution in [0.3, 0.4) is 0 Å². The summed E-state index contributed by atoms with van der Waals surface area (Å²) >= 11 is 1.84. The second kappa shape index (κ2) is 12.0. The lowest BCUT2D eigenvalue weighted by Gasteiger charge is -2.14. The van der Waals surface area contributed by atoms with E-state index in [-0.39, 0.29) is 30.1 Å². The molecule has 0 aliphatic heterocycles. The van der Waals surface area contributed by atoms with Crippen molar-refractivity contribution in [2.24, 2.45) is 10.9 Å². The normalized spacial score (nSPS) is 20.9. The molecule has 4 nitrogen and oxygen atoms in total. The Labute approximate surface area is 160 Å². The van der Waals surface area contributed by atoms with Crippen molar-refractivity contribution in [3.8, 4) is 0 Å². The molecule has 1 aromatic rings. The number of aliphatic imine (C=N–C) groups is 1. The third-order valence-corrected chi connectivity index (χ3v) is 4.87. The van der Waals surface area contributed by atoms with E-state index >= 15 is 0 Å². The molecule has 0 bridgehead atoms. The van der Waals surface area contributed by atoms with Crippen molar-refractivity contribution in [2.75, 3.05) is 25.4 Å². The number of guanidine groups is 1. The third-order valence-electron chi connectivity index (χ3n) is 3.85. The molecule has 6 heteroatoms. The molecule has 0 heterocycles. The average molecular weight is 449 g/mol. The number of nitrogens with one attached hydrogen (secondary N) is 2. The molecule has 1 aromatic carbocycles. The smallest absolute Gasteiger partial charge is 0.191 e. The zero-order valence-corrected chi connectivity index (χ0v) is 16.8. The highest BCUT2D eigenvalue weighted by molar-refractivity contribution is 14.0. The van der Waals surface area contributed by atoms with Crippen LogP contribution >= 0.6 is 35.7 Å². The molecule has 2 rings (SSSR count). The number of aliphatic hydroxyl groups is 1. The number of hydrogen-bond donors (Lipinski definition) is 3. The maximum absolute atomic E-state index is 9.86. The molecule has 130 valence electrons. The van der Waals surface area contributed by atoms with E-state index < -0.39 is 0 Å². The molecule has 1 aliphatic rings. The molecule has 0 radical (unpaired) electrons. The van der Waals surface area contributed by atoms with Crippen LogP contribution in [-0.2, 0) is 0 Å². The molecule has 2 atom stereocenters. The van der Waals surface area contributed by atoms with Gasteiger partial charge in [-0.25, -0.2) is 0 Å². The van der Waals surface area contributed by atoms with Gasteiger partial charge in [-0.2, -0.15) is 0 Å². The fourth-order valence-corrected chi connectivity index (χ4v) is 3.42. The van der Waals surface area contributed by atoms with E-state index in [0.29, 0.717) is 12.5 Å². The van der Waals surface area contributed by atoms with Gasteiger partial charge in [0.15, 0.2) is 5.96 Å². The maximum Gasteiger partial charge on any atom is 0.191 e. The molecular weight excluding hydrogens is 421 g/mol. The highest BCUT2D eigenvalue weighted by Crippen LogP contribution is 2.25. The van der Waals surface area contributed by atoms with E-state index in [9.17, 15) is 5.11 Å². The van der Waals surface area contributed by atoms with Crippen LogP contribution in [0, 0.1) is 5.92 Å². The summed E-state index contributed by atoms with van der Waals surface area (Å²) in [4.78, 5) is 5.91. The van der Waals surface area contributed by atoms with Gasteiger partial charge in [0.05, 0.1) is 6.10 Å². The number of benzene rings is 1. The van der Waals surface area contributed by atoms with E-state index in [0.717, 1.165) is 44.1 Å². The van der Waals surface area contributed by atoms with Gasteiger partial charge < -0.3 is 15.7 Å². The van der Waals surface area contributed by atoms with Gasteiger partial charge in [-0.3, -0.25) is 4.99 Å². The second-order valence-electron chi connectivity index (χ2n) is 5.57. The molecule has 0 spiro atoms. The predicted molar refractivity (Wildman–Crippen MR) is 110 cm³/mol.